The minimum atomic E-state index is -0.560. The van der Waals surface area contributed by atoms with E-state index < -0.39 is 5.41 Å². The summed E-state index contributed by atoms with van der Waals surface area (Å²) in [6.45, 7) is 28.7. The summed E-state index contributed by atoms with van der Waals surface area (Å²) in [5.74, 6) is 0. The molecule has 0 heterocycles. The van der Waals surface area contributed by atoms with Gasteiger partial charge in [0, 0.05) is 5.41 Å². The van der Waals surface area contributed by atoms with Gasteiger partial charge < -0.3 is 43.7 Å². The van der Waals surface area contributed by atoms with E-state index in [1.165, 1.54) is 0 Å². The van der Waals surface area contributed by atoms with Gasteiger partial charge in [-0.1, -0.05) is 43.4 Å². The molecule has 0 amide bonds. The van der Waals surface area contributed by atoms with Gasteiger partial charge in [0.15, 0.2) is 0 Å². The topological polar surface area (TPSA) is 116 Å². The summed E-state index contributed by atoms with van der Waals surface area (Å²) in [6, 6.07) is 0. The first-order chi connectivity index (χ1) is 19.4. The maximum absolute atomic E-state index is 9.56. The minimum Gasteiger partial charge on any atom is -0.396 e. The van der Waals surface area contributed by atoms with Crippen molar-refractivity contribution in [3.05, 3.63) is 75.9 Å². The summed E-state index contributed by atoms with van der Waals surface area (Å²) in [4.78, 5) is 0. The fourth-order valence-corrected chi connectivity index (χ4v) is 2.74. The van der Waals surface area contributed by atoms with Crippen LogP contribution in [-0.2, 0) is 28.4 Å². The molecule has 9 nitrogen and oxygen atoms in total. The van der Waals surface area contributed by atoms with Crippen molar-refractivity contribution in [3.63, 3.8) is 0 Å². The van der Waals surface area contributed by atoms with Crippen LogP contribution >= 0.6 is 0 Å². The Morgan fingerprint density at radius 1 is 0.475 bits per heavy atom. The van der Waals surface area contributed by atoms with E-state index in [1.807, 2.05) is 6.92 Å². The molecule has 9 heteroatoms. The van der Waals surface area contributed by atoms with E-state index in [2.05, 4.69) is 39.5 Å². The first-order valence-corrected chi connectivity index (χ1v) is 13.3. The van der Waals surface area contributed by atoms with Crippen LogP contribution in [-0.4, -0.2) is 114 Å². The zero-order valence-corrected chi connectivity index (χ0v) is 24.8. The van der Waals surface area contributed by atoms with Crippen molar-refractivity contribution in [1.82, 2.24) is 0 Å². The van der Waals surface area contributed by atoms with Gasteiger partial charge in [-0.25, -0.2) is 0 Å². The third kappa shape index (κ3) is 26.3. The molecule has 0 aromatic heterocycles. The molecule has 0 aromatic carbocycles. The third-order valence-electron chi connectivity index (χ3n) is 5.11. The van der Waals surface area contributed by atoms with Crippen molar-refractivity contribution in [1.29, 1.82) is 0 Å². The van der Waals surface area contributed by atoms with Crippen LogP contribution in [0.3, 0.4) is 0 Å². The quantitative estimate of drug-likeness (QED) is 0.100. The van der Waals surface area contributed by atoms with Crippen LogP contribution in [0.1, 0.15) is 13.3 Å². The summed E-state index contributed by atoms with van der Waals surface area (Å²) in [5, 5.41) is 27.1. The molecule has 0 radical (unpaired) electrons. The molecule has 0 aliphatic rings. The highest BCUT2D eigenvalue weighted by Gasteiger charge is 2.31. The molecule has 0 unspecified atom stereocenters. The van der Waals surface area contributed by atoms with Crippen LogP contribution in [0, 0.1) is 10.8 Å². The van der Waals surface area contributed by atoms with Crippen molar-refractivity contribution >= 4 is 0 Å². The average Bonchev–Trinajstić information content (AvgIpc) is 2.97. The van der Waals surface area contributed by atoms with Gasteiger partial charge in [-0.2, -0.15) is 0 Å². The lowest BCUT2D eigenvalue weighted by molar-refractivity contribution is -0.0821. The Morgan fingerprint density at radius 2 is 0.750 bits per heavy atom. The van der Waals surface area contributed by atoms with Crippen molar-refractivity contribution in [2.45, 2.75) is 13.3 Å². The lowest BCUT2D eigenvalue weighted by atomic mass is 9.88. The zero-order valence-electron chi connectivity index (χ0n) is 24.8. The molecule has 0 bridgehead atoms. The second-order valence-electron chi connectivity index (χ2n) is 8.78. The normalized spacial score (nSPS) is 10.8. The lowest BCUT2D eigenvalue weighted by Gasteiger charge is -2.30. The van der Waals surface area contributed by atoms with Crippen LogP contribution in [0.5, 0.6) is 0 Å². The fraction of sp³-hybridized carbons (Fsp3) is 0.613. The molecule has 40 heavy (non-hydrogen) atoms. The summed E-state index contributed by atoms with van der Waals surface area (Å²) in [6.07, 6.45) is 10.9. The van der Waals surface area contributed by atoms with Gasteiger partial charge >= 0.3 is 0 Å². The number of hydrogen-bond acceptors (Lipinski definition) is 9. The zero-order chi connectivity index (χ0) is 30.8. The first kappa shape index (κ1) is 42.5. The van der Waals surface area contributed by atoms with Crippen molar-refractivity contribution < 1.29 is 43.7 Å². The number of aliphatic hydroxyl groups excluding tert-OH is 3. The molecule has 0 rings (SSSR count). The molecule has 0 saturated heterocycles. The summed E-state index contributed by atoms with van der Waals surface area (Å²) in [7, 11) is 0. The lowest BCUT2D eigenvalue weighted by Crippen LogP contribution is -2.41. The van der Waals surface area contributed by atoms with Gasteiger partial charge in [-0.15, -0.1) is 39.5 Å². The second kappa shape index (κ2) is 33.3. The SMILES string of the molecule is C=CCOCC(CC)(CO)COCC=C.C=CCOCC(CO)(COCC=C)COCC=C.C=CCOCCO. The van der Waals surface area contributed by atoms with Crippen LogP contribution in [0.25, 0.3) is 0 Å². The van der Waals surface area contributed by atoms with E-state index in [0.29, 0.717) is 79.3 Å². The van der Waals surface area contributed by atoms with Gasteiger partial charge in [0.05, 0.1) is 105 Å². The molecule has 0 spiro atoms. The maximum Gasteiger partial charge on any atom is 0.0701 e. The Morgan fingerprint density at radius 3 is 0.975 bits per heavy atom. The summed E-state index contributed by atoms with van der Waals surface area (Å²) >= 11 is 0. The summed E-state index contributed by atoms with van der Waals surface area (Å²) in [5.41, 5.74) is -0.860. The standard InChI is InChI=1S/C14H24O4.C12H22O3.C5H10O2/c1-4-7-16-11-14(10-15,12-17-8-5-2)13-18-9-6-3;1-4-7-14-10-12(6-3,9-13)11-15-8-5-2;1-2-4-7-5-3-6/h4-6,15H,1-3,7-13H2;4-5,13H,1-2,6-11H2,3H3;2,6H,1,3-5H2. The van der Waals surface area contributed by atoms with E-state index in [-0.39, 0.29) is 25.2 Å². The minimum absolute atomic E-state index is 0.0672. The third-order valence-corrected chi connectivity index (χ3v) is 5.11. The molecule has 0 saturated carbocycles. The van der Waals surface area contributed by atoms with Gasteiger partial charge in [-0.3, -0.25) is 0 Å². The largest absolute Gasteiger partial charge is 0.396 e. The highest BCUT2D eigenvalue weighted by atomic mass is 16.5. The van der Waals surface area contributed by atoms with Crippen LogP contribution in [0.2, 0.25) is 0 Å². The van der Waals surface area contributed by atoms with Crippen molar-refractivity contribution in [2.24, 2.45) is 10.8 Å². The monoisotopic (exact) mass is 572 g/mol. The Hall–Kier alpha value is -1.92. The number of rotatable bonds is 27. The van der Waals surface area contributed by atoms with Gasteiger partial charge in [0.1, 0.15) is 0 Å². The van der Waals surface area contributed by atoms with Crippen LogP contribution < -0.4 is 0 Å². The predicted octanol–water partition coefficient (Wildman–Crippen LogP) is 3.53. The van der Waals surface area contributed by atoms with Crippen molar-refractivity contribution in [2.75, 3.05) is 99.1 Å². The van der Waals surface area contributed by atoms with Gasteiger partial charge in [0.2, 0.25) is 0 Å². The van der Waals surface area contributed by atoms with Crippen LogP contribution in [0.4, 0.5) is 0 Å². The van der Waals surface area contributed by atoms with Crippen LogP contribution in [0.15, 0.2) is 75.9 Å². The van der Waals surface area contributed by atoms with Crippen molar-refractivity contribution in [3.8, 4) is 0 Å². The number of hydrogen-bond donors (Lipinski definition) is 3. The first-order valence-electron chi connectivity index (χ1n) is 13.3. The van der Waals surface area contributed by atoms with Gasteiger partial charge in [0.25, 0.3) is 0 Å². The Labute approximate surface area is 243 Å². The number of ether oxygens (including phenoxy) is 6. The molecule has 3 N–H and O–H groups in total. The molecule has 234 valence electrons. The molecular weight excluding hydrogens is 516 g/mol. The highest BCUT2D eigenvalue weighted by molar-refractivity contribution is 4.81. The van der Waals surface area contributed by atoms with E-state index in [9.17, 15) is 10.2 Å². The smallest absolute Gasteiger partial charge is 0.0701 e. The molecule has 0 fully saturated rings. The molecule has 0 aliphatic heterocycles. The summed E-state index contributed by atoms with van der Waals surface area (Å²) < 4.78 is 31.8. The fourth-order valence-electron chi connectivity index (χ4n) is 2.74. The van der Waals surface area contributed by atoms with E-state index in [4.69, 9.17) is 33.5 Å². The molecule has 0 aliphatic carbocycles. The Balaban J connectivity index is -0.000000560. The maximum atomic E-state index is 9.56. The second-order valence-corrected chi connectivity index (χ2v) is 8.78. The highest BCUT2D eigenvalue weighted by Crippen LogP contribution is 2.22. The Kier molecular flexibility index (Phi) is 35.4. The van der Waals surface area contributed by atoms with E-state index in [1.54, 1.807) is 36.5 Å². The Bertz CT molecular complexity index is 552. The number of aliphatic hydroxyl groups is 3. The molecule has 0 atom stereocenters. The van der Waals surface area contributed by atoms with Gasteiger partial charge in [-0.05, 0) is 6.42 Å². The average molecular weight is 573 g/mol. The molecular formula is C31H56O9. The van der Waals surface area contributed by atoms with E-state index >= 15 is 0 Å². The predicted molar refractivity (Wildman–Crippen MR) is 163 cm³/mol. The molecule has 0 aromatic rings. The van der Waals surface area contributed by atoms with E-state index in [0.717, 1.165) is 6.42 Å².